The van der Waals surface area contributed by atoms with Crippen LogP contribution in [0, 0.1) is 6.92 Å². The second kappa shape index (κ2) is 5.46. The summed E-state index contributed by atoms with van der Waals surface area (Å²) in [6.45, 7) is 3.60. The quantitative estimate of drug-likeness (QED) is 0.716. The molecule has 4 rings (SSSR count). The maximum absolute atomic E-state index is 13.1. The minimum atomic E-state index is -3.73. The molecule has 2 aromatic carbocycles. The van der Waals surface area contributed by atoms with Gasteiger partial charge in [-0.05, 0) is 38.1 Å². The lowest BCUT2D eigenvalue weighted by Crippen LogP contribution is -2.39. The van der Waals surface area contributed by atoms with E-state index in [2.05, 4.69) is 4.99 Å². The predicted molar refractivity (Wildman–Crippen MR) is 95.3 cm³/mol. The number of fused-ring (bicyclic) bond motifs is 1. The van der Waals surface area contributed by atoms with Crippen molar-refractivity contribution in [1.82, 2.24) is 0 Å². The number of hydrogen-bond acceptors (Lipinski definition) is 5. The topological polar surface area (TPSA) is 68.9 Å². The number of aliphatic imine (C=N–C) groups is 1. The number of hydrogen-bond donors (Lipinski definition) is 0. The van der Waals surface area contributed by atoms with Crippen molar-refractivity contribution in [3.8, 4) is 0 Å². The van der Waals surface area contributed by atoms with Gasteiger partial charge in [-0.1, -0.05) is 35.9 Å². The molecule has 5 nitrogen and oxygen atoms in total. The van der Waals surface area contributed by atoms with E-state index in [-0.39, 0.29) is 4.90 Å². The number of para-hydroxylation sites is 1. The van der Waals surface area contributed by atoms with Crippen molar-refractivity contribution in [2.45, 2.75) is 29.7 Å². The lowest BCUT2D eigenvalue weighted by atomic mass is 10.0. The molecule has 2 atom stereocenters. The summed E-state index contributed by atoms with van der Waals surface area (Å²) in [5.41, 5.74) is 0.453. The Hall–Kier alpha value is -2.60. The fraction of sp³-hybridized carbons (Fsp3) is 0.211. The van der Waals surface area contributed by atoms with E-state index in [9.17, 15) is 8.42 Å². The maximum atomic E-state index is 13.1. The number of nitrogens with zero attached hydrogens (tertiary/aromatic N) is 1. The standard InChI is InChI=1S/C19H17NO4S/c1-13-7-9-15(10-8-13)25(21,22)18-19(2,23-12-20-18)17-11-14-5-3-4-6-16(14)24-17/h3-12,18H,1-2H3/t18-,19-/m0/s1. The Morgan fingerprint density at radius 1 is 1.08 bits per heavy atom. The van der Waals surface area contributed by atoms with E-state index in [0.29, 0.717) is 11.3 Å². The minimum absolute atomic E-state index is 0.216. The molecule has 0 unspecified atom stereocenters. The van der Waals surface area contributed by atoms with Crippen LogP contribution in [-0.4, -0.2) is 20.2 Å². The zero-order valence-corrected chi connectivity index (χ0v) is 14.7. The summed E-state index contributed by atoms with van der Waals surface area (Å²) in [4.78, 5) is 4.33. The van der Waals surface area contributed by atoms with E-state index in [1.54, 1.807) is 31.2 Å². The SMILES string of the molecule is Cc1ccc(S(=O)(=O)[C@@H]2N=CO[C@@]2(C)c2cc3ccccc3o2)cc1. The van der Waals surface area contributed by atoms with Crippen LogP contribution in [0.4, 0.5) is 0 Å². The maximum Gasteiger partial charge on any atom is 0.205 e. The van der Waals surface area contributed by atoms with Crippen molar-refractivity contribution in [1.29, 1.82) is 0 Å². The summed E-state index contributed by atoms with van der Waals surface area (Å²) in [6, 6.07) is 16.0. The van der Waals surface area contributed by atoms with Gasteiger partial charge in [-0.3, -0.25) is 0 Å². The molecule has 0 N–H and O–H groups in total. The van der Waals surface area contributed by atoms with Crippen molar-refractivity contribution in [3.63, 3.8) is 0 Å². The van der Waals surface area contributed by atoms with Crippen LogP contribution in [-0.2, 0) is 20.2 Å². The van der Waals surface area contributed by atoms with Crippen LogP contribution in [0.3, 0.4) is 0 Å². The Kier molecular flexibility index (Phi) is 3.47. The van der Waals surface area contributed by atoms with Crippen molar-refractivity contribution < 1.29 is 17.6 Å². The van der Waals surface area contributed by atoms with Crippen LogP contribution >= 0.6 is 0 Å². The van der Waals surface area contributed by atoms with Gasteiger partial charge < -0.3 is 9.15 Å². The molecule has 2 heterocycles. The molecule has 0 aliphatic carbocycles. The third-order valence-electron chi connectivity index (χ3n) is 4.52. The van der Waals surface area contributed by atoms with E-state index in [1.165, 1.54) is 6.40 Å². The summed E-state index contributed by atoms with van der Waals surface area (Å²) in [5.74, 6) is 0.437. The Balaban J connectivity index is 1.81. The van der Waals surface area contributed by atoms with Crippen LogP contribution in [0.15, 0.2) is 68.9 Å². The first-order valence-electron chi connectivity index (χ1n) is 7.90. The van der Waals surface area contributed by atoms with Gasteiger partial charge in [-0.25, -0.2) is 13.4 Å². The van der Waals surface area contributed by atoms with Gasteiger partial charge in [0.05, 0.1) is 4.90 Å². The number of furan rings is 1. The van der Waals surface area contributed by atoms with Crippen LogP contribution in [0.2, 0.25) is 0 Å². The Morgan fingerprint density at radius 2 is 1.80 bits per heavy atom. The number of sulfone groups is 1. The first kappa shape index (κ1) is 15.9. The van der Waals surface area contributed by atoms with Gasteiger partial charge in [0.1, 0.15) is 5.58 Å². The Morgan fingerprint density at radius 3 is 2.52 bits per heavy atom. The second-order valence-electron chi connectivity index (χ2n) is 6.34. The molecule has 1 aromatic heterocycles. The minimum Gasteiger partial charge on any atom is -0.466 e. The molecule has 25 heavy (non-hydrogen) atoms. The normalized spacial score (nSPS) is 23.0. The molecule has 0 spiro atoms. The molecule has 0 bridgehead atoms. The van der Waals surface area contributed by atoms with Gasteiger partial charge in [-0.15, -0.1) is 0 Å². The van der Waals surface area contributed by atoms with Gasteiger partial charge in [0.25, 0.3) is 0 Å². The lowest BCUT2D eigenvalue weighted by Gasteiger charge is -2.26. The fourth-order valence-corrected chi connectivity index (χ4v) is 4.78. The average Bonchev–Trinajstić information content (AvgIpc) is 3.20. The van der Waals surface area contributed by atoms with Gasteiger partial charge in [0.2, 0.25) is 20.8 Å². The highest BCUT2D eigenvalue weighted by molar-refractivity contribution is 7.92. The monoisotopic (exact) mass is 355 g/mol. The first-order valence-corrected chi connectivity index (χ1v) is 9.45. The molecule has 0 radical (unpaired) electrons. The molecule has 128 valence electrons. The third kappa shape index (κ3) is 2.44. The molecular formula is C19H17NO4S. The summed E-state index contributed by atoms with van der Waals surface area (Å²) >= 11 is 0. The molecule has 0 saturated heterocycles. The summed E-state index contributed by atoms with van der Waals surface area (Å²) in [5, 5.41) is -0.219. The van der Waals surface area contributed by atoms with Gasteiger partial charge >= 0.3 is 0 Å². The molecule has 6 heteroatoms. The number of rotatable bonds is 3. The van der Waals surface area contributed by atoms with E-state index < -0.39 is 20.8 Å². The molecule has 0 fully saturated rings. The highest BCUT2D eigenvalue weighted by Crippen LogP contribution is 2.41. The van der Waals surface area contributed by atoms with E-state index in [4.69, 9.17) is 9.15 Å². The third-order valence-corrected chi connectivity index (χ3v) is 6.61. The number of aryl methyl sites for hydroxylation is 1. The van der Waals surface area contributed by atoms with E-state index in [1.807, 2.05) is 37.3 Å². The summed E-state index contributed by atoms with van der Waals surface area (Å²) < 4.78 is 37.7. The fourth-order valence-electron chi connectivity index (χ4n) is 3.03. The highest BCUT2D eigenvalue weighted by atomic mass is 32.2. The van der Waals surface area contributed by atoms with Crippen molar-refractivity contribution in [2.24, 2.45) is 4.99 Å². The zero-order chi connectivity index (χ0) is 17.7. The summed E-state index contributed by atoms with van der Waals surface area (Å²) in [7, 11) is -3.73. The van der Waals surface area contributed by atoms with Crippen LogP contribution in [0.25, 0.3) is 11.0 Å². The number of benzene rings is 2. The van der Waals surface area contributed by atoms with Crippen LogP contribution in [0.1, 0.15) is 18.2 Å². The average molecular weight is 355 g/mol. The Labute approximate surface area is 145 Å². The molecule has 1 aliphatic rings. The van der Waals surface area contributed by atoms with Gasteiger partial charge in [0, 0.05) is 5.39 Å². The largest absolute Gasteiger partial charge is 0.466 e. The number of ether oxygens (including phenoxy) is 1. The zero-order valence-electron chi connectivity index (χ0n) is 13.8. The van der Waals surface area contributed by atoms with Crippen molar-refractivity contribution in [2.75, 3.05) is 0 Å². The summed E-state index contributed by atoms with van der Waals surface area (Å²) in [6.07, 6.45) is 1.20. The van der Waals surface area contributed by atoms with Crippen molar-refractivity contribution >= 4 is 27.2 Å². The van der Waals surface area contributed by atoms with E-state index >= 15 is 0 Å². The molecule has 0 amide bonds. The molecule has 1 aliphatic heterocycles. The van der Waals surface area contributed by atoms with Gasteiger partial charge in [0.15, 0.2) is 12.2 Å². The highest BCUT2D eigenvalue weighted by Gasteiger charge is 2.51. The van der Waals surface area contributed by atoms with Gasteiger partial charge in [-0.2, -0.15) is 0 Å². The smallest absolute Gasteiger partial charge is 0.205 e. The molecular weight excluding hydrogens is 338 g/mol. The lowest BCUT2D eigenvalue weighted by molar-refractivity contribution is 0.0782. The first-order chi connectivity index (χ1) is 11.9. The molecule has 3 aromatic rings. The van der Waals surface area contributed by atoms with Crippen LogP contribution < -0.4 is 0 Å². The predicted octanol–water partition coefficient (Wildman–Crippen LogP) is 3.81. The van der Waals surface area contributed by atoms with Crippen LogP contribution in [0.5, 0.6) is 0 Å². The van der Waals surface area contributed by atoms with Crippen molar-refractivity contribution in [3.05, 3.63) is 65.9 Å². The molecule has 0 saturated carbocycles. The van der Waals surface area contributed by atoms with E-state index in [0.717, 1.165) is 10.9 Å². The second-order valence-corrected chi connectivity index (χ2v) is 8.35. The Bertz CT molecular complexity index is 1030.